The van der Waals surface area contributed by atoms with Crippen LogP contribution in [-0.2, 0) is 10.3 Å². The molecule has 1 fully saturated rings. The van der Waals surface area contributed by atoms with Gasteiger partial charge in [0.1, 0.15) is 17.9 Å². The van der Waals surface area contributed by atoms with Gasteiger partial charge in [-0.25, -0.2) is 0 Å². The molecule has 8 nitrogen and oxygen atoms in total. The van der Waals surface area contributed by atoms with Crippen LogP contribution in [0.25, 0.3) is 0 Å². The third-order valence-electron chi connectivity index (χ3n) is 3.30. The van der Waals surface area contributed by atoms with Gasteiger partial charge >= 0.3 is 5.69 Å². The van der Waals surface area contributed by atoms with E-state index in [2.05, 4.69) is 15.7 Å². The first-order valence-electron chi connectivity index (χ1n) is 6.12. The van der Waals surface area contributed by atoms with E-state index in [1.807, 2.05) is 0 Å². The number of nitro groups is 1. The van der Waals surface area contributed by atoms with E-state index in [0.717, 1.165) is 25.7 Å². The molecule has 9 heteroatoms. The Morgan fingerprint density at radius 3 is 2.85 bits per heavy atom. The van der Waals surface area contributed by atoms with Gasteiger partial charge in [0.05, 0.1) is 4.92 Å². The second-order valence-electron chi connectivity index (χ2n) is 5.12. The Labute approximate surface area is 122 Å². The summed E-state index contributed by atoms with van der Waals surface area (Å²) in [5.74, 6) is -0.195. The highest BCUT2D eigenvalue weighted by atomic mass is 35.5. The summed E-state index contributed by atoms with van der Waals surface area (Å²) in [5.41, 5.74) is -1.08. The minimum Gasteiger partial charge on any atom is -0.350 e. The molecule has 1 amide bonds. The number of hydrogen-bond donors (Lipinski definition) is 2. The maximum Gasteiger partial charge on any atom is 0.307 e. The van der Waals surface area contributed by atoms with Crippen LogP contribution in [-0.4, -0.2) is 39.7 Å². The van der Waals surface area contributed by atoms with Crippen molar-refractivity contribution in [2.24, 2.45) is 0 Å². The smallest absolute Gasteiger partial charge is 0.307 e. The highest BCUT2D eigenvalue weighted by Crippen LogP contribution is 2.19. The Hall–Kier alpha value is -1.67. The van der Waals surface area contributed by atoms with Gasteiger partial charge in [0, 0.05) is 12.6 Å². The average Bonchev–Trinajstić information content (AvgIpc) is 2.99. The fraction of sp³-hybridized carbons (Fsp3) is 0.636. The van der Waals surface area contributed by atoms with Crippen LogP contribution in [0.5, 0.6) is 0 Å². The van der Waals surface area contributed by atoms with E-state index in [4.69, 9.17) is 0 Å². The number of amides is 1. The van der Waals surface area contributed by atoms with E-state index in [0.29, 0.717) is 0 Å². The second-order valence-corrected chi connectivity index (χ2v) is 5.12. The van der Waals surface area contributed by atoms with Crippen molar-refractivity contribution in [3.05, 3.63) is 22.5 Å². The molecule has 20 heavy (non-hydrogen) atoms. The molecule has 1 saturated heterocycles. The van der Waals surface area contributed by atoms with Crippen LogP contribution < -0.4 is 10.6 Å². The van der Waals surface area contributed by atoms with E-state index >= 15 is 0 Å². The number of aromatic nitrogens is 2. The Morgan fingerprint density at radius 2 is 2.35 bits per heavy atom. The molecule has 0 saturated carbocycles. The van der Waals surface area contributed by atoms with Crippen LogP contribution >= 0.6 is 12.4 Å². The molecule has 2 heterocycles. The molecule has 0 radical (unpaired) electrons. The zero-order valence-electron chi connectivity index (χ0n) is 11.3. The van der Waals surface area contributed by atoms with Crippen LogP contribution in [0.15, 0.2) is 12.4 Å². The Kier molecular flexibility index (Phi) is 5.07. The zero-order chi connectivity index (χ0) is 14.0. The lowest BCUT2D eigenvalue weighted by Crippen LogP contribution is -2.49. The van der Waals surface area contributed by atoms with Crippen molar-refractivity contribution in [3.8, 4) is 0 Å². The van der Waals surface area contributed by atoms with Crippen molar-refractivity contribution in [3.63, 3.8) is 0 Å². The van der Waals surface area contributed by atoms with E-state index in [9.17, 15) is 14.9 Å². The summed E-state index contributed by atoms with van der Waals surface area (Å²) >= 11 is 0. The van der Waals surface area contributed by atoms with Crippen molar-refractivity contribution in [1.82, 2.24) is 20.4 Å². The molecule has 1 aromatic rings. The van der Waals surface area contributed by atoms with Crippen LogP contribution in [0, 0.1) is 10.1 Å². The fourth-order valence-electron chi connectivity index (χ4n) is 1.96. The quantitative estimate of drug-likeness (QED) is 0.620. The van der Waals surface area contributed by atoms with E-state index in [1.54, 1.807) is 13.8 Å². The van der Waals surface area contributed by atoms with Gasteiger partial charge < -0.3 is 10.6 Å². The molecule has 0 aromatic carbocycles. The summed E-state index contributed by atoms with van der Waals surface area (Å²) in [6.45, 7) is 5.00. The van der Waals surface area contributed by atoms with Gasteiger partial charge in [0.2, 0.25) is 5.91 Å². The Bertz CT molecular complexity index is 496. The predicted molar refractivity (Wildman–Crippen MR) is 74.9 cm³/mol. The molecule has 1 unspecified atom stereocenters. The highest BCUT2D eigenvalue weighted by Gasteiger charge is 2.33. The van der Waals surface area contributed by atoms with Gasteiger partial charge in [-0.3, -0.25) is 19.6 Å². The van der Waals surface area contributed by atoms with Crippen molar-refractivity contribution in [2.75, 3.05) is 13.1 Å². The third kappa shape index (κ3) is 3.26. The largest absolute Gasteiger partial charge is 0.350 e. The lowest BCUT2D eigenvalue weighted by molar-refractivity contribution is -0.385. The maximum absolute atomic E-state index is 12.2. The lowest BCUT2D eigenvalue weighted by atomic mass is 10.0. The molecule has 1 aliphatic rings. The van der Waals surface area contributed by atoms with E-state index < -0.39 is 10.5 Å². The molecule has 2 N–H and O–H groups in total. The number of nitrogens with one attached hydrogen (secondary N) is 2. The minimum atomic E-state index is -0.961. The maximum atomic E-state index is 12.2. The summed E-state index contributed by atoms with van der Waals surface area (Å²) in [6.07, 6.45) is 3.31. The summed E-state index contributed by atoms with van der Waals surface area (Å²) in [7, 11) is 0. The summed E-state index contributed by atoms with van der Waals surface area (Å²) in [4.78, 5) is 22.3. The number of hydrogen-bond acceptors (Lipinski definition) is 5. The molecular weight excluding hydrogens is 286 g/mol. The first-order chi connectivity index (χ1) is 8.91. The zero-order valence-corrected chi connectivity index (χ0v) is 12.1. The van der Waals surface area contributed by atoms with Crippen LogP contribution in [0.3, 0.4) is 0 Å². The molecule has 1 aliphatic heterocycles. The standard InChI is InChI=1S/C11H17N5O3.ClH/c1-11(2,10(17)14-8-3-4-12-5-8)15-7-9(6-13-15)16(18)19;/h6-8,12H,3-5H2,1-2H3,(H,14,17);1H. The topological polar surface area (TPSA) is 102 Å². The number of halogens is 1. The van der Waals surface area contributed by atoms with Gasteiger partial charge in [-0.1, -0.05) is 0 Å². The van der Waals surface area contributed by atoms with Gasteiger partial charge in [0.25, 0.3) is 0 Å². The van der Waals surface area contributed by atoms with Crippen molar-refractivity contribution in [2.45, 2.75) is 31.8 Å². The third-order valence-corrected chi connectivity index (χ3v) is 3.30. The predicted octanol–water partition coefficient (Wildman–Crippen LogP) is 0.426. The molecular formula is C11H18ClN5O3. The van der Waals surface area contributed by atoms with Gasteiger partial charge in [0.15, 0.2) is 0 Å². The summed E-state index contributed by atoms with van der Waals surface area (Å²) in [5, 5.41) is 20.6. The van der Waals surface area contributed by atoms with Crippen LogP contribution in [0.4, 0.5) is 5.69 Å². The van der Waals surface area contributed by atoms with Gasteiger partial charge in [-0.15, -0.1) is 12.4 Å². The molecule has 2 rings (SSSR count). The number of nitrogens with zero attached hydrogens (tertiary/aromatic N) is 3. The molecule has 1 aromatic heterocycles. The number of carbonyl (C=O) groups is 1. The van der Waals surface area contributed by atoms with Crippen LogP contribution in [0.2, 0.25) is 0 Å². The first-order valence-corrected chi connectivity index (χ1v) is 6.12. The summed E-state index contributed by atoms with van der Waals surface area (Å²) in [6, 6.07) is 0.109. The van der Waals surface area contributed by atoms with Gasteiger partial charge in [-0.05, 0) is 26.8 Å². The summed E-state index contributed by atoms with van der Waals surface area (Å²) < 4.78 is 1.32. The first kappa shape index (κ1) is 16.4. The SMILES string of the molecule is CC(C)(C(=O)NC1CCNC1)n1cc([N+](=O)[O-])cn1.Cl. The highest BCUT2D eigenvalue weighted by molar-refractivity contribution is 5.85. The molecule has 112 valence electrons. The Balaban J connectivity index is 0.00000200. The molecule has 0 aliphatic carbocycles. The second kappa shape index (κ2) is 6.19. The van der Waals surface area contributed by atoms with Crippen molar-refractivity contribution < 1.29 is 9.72 Å². The molecule has 0 spiro atoms. The molecule has 1 atom stereocenters. The minimum absolute atomic E-state index is 0. The van der Waals surface area contributed by atoms with E-state index in [1.165, 1.54) is 10.9 Å². The van der Waals surface area contributed by atoms with E-state index in [-0.39, 0.29) is 30.0 Å². The number of rotatable bonds is 4. The monoisotopic (exact) mass is 303 g/mol. The van der Waals surface area contributed by atoms with Crippen LogP contribution in [0.1, 0.15) is 20.3 Å². The number of carbonyl (C=O) groups excluding carboxylic acids is 1. The fourth-order valence-corrected chi connectivity index (χ4v) is 1.96. The Morgan fingerprint density at radius 1 is 1.65 bits per heavy atom. The lowest BCUT2D eigenvalue weighted by Gasteiger charge is -2.25. The molecule has 0 bridgehead atoms. The van der Waals surface area contributed by atoms with Crippen molar-refractivity contribution >= 4 is 24.0 Å². The average molecular weight is 304 g/mol. The van der Waals surface area contributed by atoms with Gasteiger partial charge in [-0.2, -0.15) is 5.10 Å². The normalized spacial score (nSPS) is 18.4. The van der Waals surface area contributed by atoms with Crippen molar-refractivity contribution in [1.29, 1.82) is 0 Å².